The molecule has 0 radical (unpaired) electrons. The Morgan fingerprint density at radius 3 is 2.69 bits per heavy atom. The summed E-state index contributed by atoms with van der Waals surface area (Å²) in [6.07, 6.45) is 3.03. The van der Waals surface area contributed by atoms with Gasteiger partial charge in [-0.05, 0) is 42.0 Å². The van der Waals surface area contributed by atoms with Crippen LogP contribution in [0.2, 0.25) is 5.02 Å². The monoisotopic (exact) mass is 446 g/mol. The molecule has 32 heavy (non-hydrogen) atoms. The number of pyridine rings is 2. The van der Waals surface area contributed by atoms with Gasteiger partial charge in [0.2, 0.25) is 0 Å². The summed E-state index contributed by atoms with van der Waals surface area (Å²) in [5.41, 5.74) is 4.37. The standard InChI is InChI=1S/C24H19ClN4O3/c1-32-19-10-8-16(9-11-19)20-13-17-6-4-12-26-23(17)29(24(20)31)15-22(30)28-27-14-18-5-2-3-7-21(18)25/h2-14H,15H2,1H3,(H,28,30)/b27-14+. The van der Waals surface area contributed by atoms with E-state index in [1.165, 1.54) is 10.8 Å². The zero-order chi connectivity index (χ0) is 22.5. The Balaban J connectivity index is 1.65. The smallest absolute Gasteiger partial charge is 0.260 e. The molecule has 1 amide bonds. The third kappa shape index (κ3) is 4.53. The molecule has 0 aliphatic rings. The van der Waals surface area contributed by atoms with Crippen molar-refractivity contribution in [2.24, 2.45) is 5.10 Å². The van der Waals surface area contributed by atoms with Gasteiger partial charge in [-0.2, -0.15) is 5.10 Å². The fraction of sp³-hybridized carbons (Fsp3) is 0.0833. The van der Waals surface area contributed by atoms with Gasteiger partial charge in [-0.1, -0.05) is 41.9 Å². The Morgan fingerprint density at radius 2 is 1.94 bits per heavy atom. The molecule has 8 heteroatoms. The van der Waals surface area contributed by atoms with Gasteiger partial charge in [-0.15, -0.1) is 0 Å². The van der Waals surface area contributed by atoms with Crippen LogP contribution in [0.25, 0.3) is 22.2 Å². The summed E-state index contributed by atoms with van der Waals surface area (Å²) in [5, 5.41) is 5.21. The zero-order valence-electron chi connectivity index (χ0n) is 17.2. The van der Waals surface area contributed by atoms with Gasteiger partial charge in [0.1, 0.15) is 17.9 Å². The average Bonchev–Trinajstić information content (AvgIpc) is 2.82. The summed E-state index contributed by atoms with van der Waals surface area (Å²) < 4.78 is 6.53. The van der Waals surface area contributed by atoms with Gasteiger partial charge < -0.3 is 4.74 Å². The number of hydrogen-bond donors (Lipinski definition) is 1. The summed E-state index contributed by atoms with van der Waals surface area (Å²) in [5.74, 6) is 0.224. The zero-order valence-corrected chi connectivity index (χ0v) is 17.9. The second-order valence-corrected chi connectivity index (χ2v) is 7.32. The van der Waals surface area contributed by atoms with Crippen LogP contribution in [0, 0.1) is 0 Å². The van der Waals surface area contributed by atoms with Crippen LogP contribution in [0.1, 0.15) is 5.56 Å². The van der Waals surface area contributed by atoms with Crippen LogP contribution in [-0.2, 0) is 11.3 Å². The van der Waals surface area contributed by atoms with E-state index >= 15 is 0 Å². The van der Waals surface area contributed by atoms with E-state index in [9.17, 15) is 9.59 Å². The largest absolute Gasteiger partial charge is 0.497 e. The van der Waals surface area contributed by atoms with E-state index in [0.29, 0.717) is 33.1 Å². The molecule has 0 aliphatic heterocycles. The Labute approximate surface area is 188 Å². The second-order valence-electron chi connectivity index (χ2n) is 6.91. The van der Waals surface area contributed by atoms with Gasteiger partial charge >= 0.3 is 0 Å². The van der Waals surface area contributed by atoms with Gasteiger partial charge in [0.15, 0.2) is 0 Å². The minimum atomic E-state index is -0.464. The number of carbonyl (C=O) groups excluding carboxylic acids is 1. The van der Waals surface area contributed by atoms with Crippen LogP contribution in [0.4, 0.5) is 0 Å². The van der Waals surface area contributed by atoms with Crippen LogP contribution in [0.5, 0.6) is 5.75 Å². The van der Waals surface area contributed by atoms with E-state index < -0.39 is 5.91 Å². The minimum Gasteiger partial charge on any atom is -0.497 e. The Morgan fingerprint density at radius 1 is 1.16 bits per heavy atom. The van der Waals surface area contributed by atoms with Gasteiger partial charge in [0.25, 0.3) is 11.5 Å². The van der Waals surface area contributed by atoms with Crippen molar-refractivity contribution in [1.82, 2.24) is 15.0 Å². The van der Waals surface area contributed by atoms with E-state index in [2.05, 4.69) is 15.5 Å². The normalized spacial score (nSPS) is 11.1. The lowest BCUT2D eigenvalue weighted by atomic mass is 10.1. The summed E-state index contributed by atoms with van der Waals surface area (Å²) in [7, 11) is 1.58. The molecular formula is C24H19ClN4O3. The van der Waals surface area contributed by atoms with Gasteiger partial charge in [0.05, 0.1) is 13.3 Å². The number of methoxy groups -OCH3 is 1. The van der Waals surface area contributed by atoms with Gasteiger partial charge in [0, 0.05) is 27.7 Å². The van der Waals surface area contributed by atoms with Crippen molar-refractivity contribution in [3.63, 3.8) is 0 Å². The maximum absolute atomic E-state index is 13.3. The number of benzene rings is 2. The number of halogens is 1. The Hall–Kier alpha value is -3.97. The molecule has 0 bridgehead atoms. The highest BCUT2D eigenvalue weighted by molar-refractivity contribution is 6.33. The van der Waals surface area contributed by atoms with Crippen molar-refractivity contribution < 1.29 is 9.53 Å². The van der Waals surface area contributed by atoms with E-state index in [1.807, 2.05) is 12.1 Å². The van der Waals surface area contributed by atoms with Crippen LogP contribution in [-0.4, -0.2) is 28.8 Å². The van der Waals surface area contributed by atoms with Crippen LogP contribution in [0.3, 0.4) is 0 Å². The first-order chi connectivity index (χ1) is 15.6. The molecule has 0 saturated carbocycles. The second kappa shape index (κ2) is 9.45. The highest BCUT2D eigenvalue weighted by Gasteiger charge is 2.14. The van der Waals surface area contributed by atoms with Gasteiger partial charge in [-0.3, -0.25) is 14.2 Å². The molecule has 0 unspecified atom stereocenters. The van der Waals surface area contributed by atoms with Gasteiger partial charge in [-0.25, -0.2) is 10.4 Å². The predicted octanol–water partition coefficient (Wildman–Crippen LogP) is 3.88. The molecule has 2 heterocycles. The molecule has 0 fully saturated rings. The first-order valence-corrected chi connectivity index (χ1v) is 10.1. The number of ether oxygens (including phenoxy) is 1. The molecular weight excluding hydrogens is 428 g/mol. The van der Waals surface area contributed by atoms with E-state index in [4.69, 9.17) is 16.3 Å². The Kier molecular flexibility index (Phi) is 6.28. The Bertz CT molecular complexity index is 1360. The lowest BCUT2D eigenvalue weighted by molar-refractivity contribution is -0.121. The molecule has 0 atom stereocenters. The molecule has 0 aliphatic carbocycles. The lowest BCUT2D eigenvalue weighted by Crippen LogP contribution is -2.31. The number of fused-ring (bicyclic) bond motifs is 1. The third-order valence-electron chi connectivity index (χ3n) is 4.85. The fourth-order valence-electron chi connectivity index (χ4n) is 3.26. The summed E-state index contributed by atoms with van der Waals surface area (Å²) in [4.78, 5) is 30.1. The summed E-state index contributed by atoms with van der Waals surface area (Å²) >= 11 is 6.08. The number of aromatic nitrogens is 2. The highest BCUT2D eigenvalue weighted by atomic mass is 35.5. The topological polar surface area (TPSA) is 85.6 Å². The molecule has 0 spiro atoms. The van der Waals surface area contributed by atoms with Crippen molar-refractivity contribution in [1.29, 1.82) is 0 Å². The maximum Gasteiger partial charge on any atom is 0.260 e. The van der Waals surface area contributed by atoms with Crippen LogP contribution >= 0.6 is 11.6 Å². The molecule has 0 saturated heterocycles. The van der Waals surface area contributed by atoms with Crippen molar-refractivity contribution in [3.8, 4) is 16.9 Å². The first-order valence-electron chi connectivity index (χ1n) is 9.76. The minimum absolute atomic E-state index is 0.240. The average molecular weight is 447 g/mol. The van der Waals surface area contributed by atoms with Crippen molar-refractivity contribution >= 4 is 34.8 Å². The van der Waals surface area contributed by atoms with E-state index in [0.717, 1.165) is 5.39 Å². The summed E-state index contributed by atoms with van der Waals surface area (Å²) in [6, 6.07) is 19.7. The number of hydrogen-bond acceptors (Lipinski definition) is 5. The fourth-order valence-corrected chi connectivity index (χ4v) is 3.45. The van der Waals surface area contributed by atoms with Crippen molar-refractivity contribution in [2.45, 2.75) is 6.54 Å². The first kappa shape index (κ1) is 21.3. The number of carbonyl (C=O) groups is 1. The molecule has 1 N–H and O–H groups in total. The molecule has 4 rings (SSSR count). The number of nitrogens with one attached hydrogen (secondary N) is 1. The van der Waals surface area contributed by atoms with Crippen molar-refractivity contribution in [3.05, 3.63) is 93.9 Å². The summed E-state index contributed by atoms with van der Waals surface area (Å²) in [6.45, 7) is -0.240. The molecule has 2 aromatic heterocycles. The predicted molar refractivity (Wildman–Crippen MR) is 125 cm³/mol. The molecule has 7 nitrogen and oxygen atoms in total. The molecule has 2 aromatic carbocycles. The lowest BCUT2D eigenvalue weighted by Gasteiger charge is -2.12. The highest BCUT2D eigenvalue weighted by Crippen LogP contribution is 2.22. The third-order valence-corrected chi connectivity index (χ3v) is 5.19. The number of amides is 1. The number of nitrogens with zero attached hydrogens (tertiary/aromatic N) is 3. The molecule has 160 valence electrons. The van der Waals surface area contributed by atoms with Crippen LogP contribution in [0.15, 0.2) is 82.8 Å². The number of rotatable bonds is 6. The maximum atomic E-state index is 13.3. The van der Waals surface area contributed by atoms with Crippen LogP contribution < -0.4 is 15.7 Å². The number of hydrazone groups is 1. The quantitative estimate of drug-likeness (QED) is 0.360. The van der Waals surface area contributed by atoms with E-state index in [-0.39, 0.29) is 12.1 Å². The van der Waals surface area contributed by atoms with Crippen molar-refractivity contribution in [2.75, 3.05) is 7.11 Å². The van der Waals surface area contributed by atoms with E-state index in [1.54, 1.807) is 67.9 Å². The SMILES string of the molecule is COc1ccc(-c2cc3cccnc3n(CC(=O)N/N=C/c3ccccc3Cl)c2=O)cc1. The molecule has 4 aromatic rings.